The zero-order valence-electron chi connectivity index (χ0n) is 17.4. The first-order chi connectivity index (χ1) is 14.0. The quantitative estimate of drug-likeness (QED) is 0.736. The lowest BCUT2D eigenvalue weighted by atomic mass is 10.0. The van der Waals surface area contributed by atoms with Crippen LogP contribution in [0.2, 0.25) is 0 Å². The number of rotatable bonds is 8. The molecule has 1 heterocycles. The van der Waals surface area contributed by atoms with Crippen molar-refractivity contribution in [1.82, 2.24) is 4.90 Å². The van der Waals surface area contributed by atoms with Crippen molar-refractivity contribution in [2.45, 2.75) is 32.4 Å². The van der Waals surface area contributed by atoms with Gasteiger partial charge < -0.3 is 19.5 Å². The van der Waals surface area contributed by atoms with Crippen LogP contribution in [-0.4, -0.2) is 61.4 Å². The fraction of sp³-hybridized carbons (Fsp3) is 0.435. The number of piperazine rings is 1. The summed E-state index contributed by atoms with van der Waals surface area (Å²) in [7, 11) is 1.64. The molecule has 0 saturated carbocycles. The average Bonchev–Trinajstić information content (AvgIpc) is 2.69. The van der Waals surface area contributed by atoms with E-state index in [1.165, 1.54) is 5.56 Å². The van der Waals surface area contributed by atoms with Crippen LogP contribution in [0.15, 0.2) is 48.5 Å². The molecule has 6 heteroatoms. The normalized spacial score (nSPS) is 17.4. The molecular weight excluding hydrogens is 368 g/mol. The molecule has 1 aliphatic heterocycles. The maximum atomic E-state index is 11.3. The number of nitrogens with zero attached hydrogens (tertiary/aromatic N) is 2. The Morgan fingerprint density at radius 3 is 2.55 bits per heavy atom. The van der Waals surface area contributed by atoms with Crippen molar-refractivity contribution in [3.05, 3.63) is 54.1 Å². The Morgan fingerprint density at radius 2 is 1.90 bits per heavy atom. The van der Waals surface area contributed by atoms with Crippen LogP contribution in [0, 0.1) is 0 Å². The van der Waals surface area contributed by atoms with Gasteiger partial charge in [0, 0.05) is 37.4 Å². The second-order valence-electron chi connectivity index (χ2n) is 7.66. The molecule has 1 N–H and O–H groups in total. The number of hydrogen-bond donors (Lipinski definition) is 1. The summed E-state index contributed by atoms with van der Waals surface area (Å²) in [5, 5.41) is 9.32. The van der Waals surface area contributed by atoms with Gasteiger partial charge in [-0.3, -0.25) is 9.69 Å². The number of benzene rings is 2. The van der Waals surface area contributed by atoms with Gasteiger partial charge in [-0.15, -0.1) is 0 Å². The highest BCUT2D eigenvalue weighted by Crippen LogP contribution is 2.33. The summed E-state index contributed by atoms with van der Waals surface area (Å²) >= 11 is 0. The van der Waals surface area contributed by atoms with Crippen molar-refractivity contribution < 1.29 is 19.4 Å². The molecular formula is C23H30N2O4. The van der Waals surface area contributed by atoms with Crippen LogP contribution in [0.25, 0.3) is 0 Å². The fourth-order valence-corrected chi connectivity index (χ4v) is 3.80. The molecule has 0 aromatic heterocycles. The van der Waals surface area contributed by atoms with Crippen molar-refractivity contribution in [3.8, 4) is 11.5 Å². The highest BCUT2D eigenvalue weighted by molar-refractivity contribution is 5.69. The zero-order valence-corrected chi connectivity index (χ0v) is 17.4. The number of carbonyl (C=O) groups is 1. The smallest absolute Gasteiger partial charge is 0.317 e. The highest BCUT2D eigenvalue weighted by atomic mass is 16.5. The third-order valence-corrected chi connectivity index (χ3v) is 5.13. The number of anilines is 1. The number of hydrogen-bond acceptors (Lipinski definition) is 5. The Bertz CT molecular complexity index is 810. The molecule has 1 fully saturated rings. The minimum absolute atomic E-state index is 0.0531. The van der Waals surface area contributed by atoms with Gasteiger partial charge >= 0.3 is 5.97 Å². The van der Waals surface area contributed by atoms with Gasteiger partial charge in [-0.2, -0.15) is 0 Å². The minimum Gasteiger partial charge on any atom is -0.493 e. The van der Waals surface area contributed by atoms with Crippen molar-refractivity contribution in [2.75, 3.05) is 38.2 Å². The molecule has 0 radical (unpaired) electrons. The molecule has 156 valence electrons. The summed E-state index contributed by atoms with van der Waals surface area (Å²) in [5.41, 5.74) is 2.28. The van der Waals surface area contributed by atoms with E-state index >= 15 is 0 Å². The van der Waals surface area contributed by atoms with Gasteiger partial charge in [0.2, 0.25) is 0 Å². The van der Waals surface area contributed by atoms with Crippen LogP contribution in [0.4, 0.5) is 5.69 Å². The van der Waals surface area contributed by atoms with Crippen LogP contribution in [0.5, 0.6) is 11.5 Å². The molecule has 1 aliphatic rings. The summed E-state index contributed by atoms with van der Waals surface area (Å²) in [5.74, 6) is 0.661. The molecule has 1 atom stereocenters. The Labute approximate surface area is 172 Å². The van der Waals surface area contributed by atoms with Crippen LogP contribution < -0.4 is 14.4 Å². The summed E-state index contributed by atoms with van der Waals surface area (Å²) in [6.07, 6.45) is 0.869. The Hall–Kier alpha value is -2.73. The van der Waals surface area contributed by atoms with Crippen LogP contribution in [0.3, 0.4) is 0 Å². The SMILES string of the molecule is COc1ccc(N2CCN(CC(=O)O)C(Cc3ccccc3)C2)cc1OC(C)C. The highest BCUT2D eigenvalue weighted by Gasteiger charge is 2.29. The van der Waals surface area contributed by atoms with E-state index in [1.54, 1.807) is 7.11 Å². The lowest BCUT2D eigenvalue weighted by Gasteiger charge is -2.42. The Balaban J connectivity index is 1.81. The molecule has 0 aliphatic carbocycles. The van der Waals surface area contributed by atoms with Crippen molar-refractivity contribution >= 4 is 11.7 Å². The van der Waals surface area contributed by atoms with Gasteiger partial charge in [0.1, 0.15) is 0 Å². The first-order valence-electron chi connectivity index (χ1n) is 10.1. The third kappa shape index (κ3) is 5.64. The lowest BCUT2D eigenvalue weighted by molar-refractivity contribution is -0.139. The molecule has 1 unspecified atom stereocenters. The van der Waals surface area contributed by atoms with Gasteiger partial charge in [0.15, 0.2) is 11.5 Å². The Morgan fingerprint density at radius 1 is 1.14 bits per heavy atom. The van der Waals surface area contributed by atoms with Gasteiger partial charge in [0.05, 0.1) is 19.8 Å². The Kier molecular flexibility index (Phi) is 6.99. The monoisotopic (exact) mass is 398 g/mol. The number of methoxy groups -OCH3 is 1. The minimum atomic E-state index is -0.784. The van der Waals surface area contributed by atoms with Crippen molar-refractivity contribution in [3.63, 3.8) is 0 Å². The first-order valence-corrected chi connectivity index (χ1v) is 10.1. The van der Waals surface area contributed by atoms with Crippen molar-refractivity contribution in [2.24, 2.45) is 0 Å². The maximum Gasteiger partial charge on any atom is 0.317 e. The molecule has 2 aromatic rings. The van der Waals surface area contributed by atoms with E-state index in [4.69, 9.17) is 9.47 Å². The average molecular weight is 399 g/mol. The predicted octanol–water partition coefficient (Wildman–Crippen LogP) is 3.30. The van der Waals surface area contributed by atoms with Crippen LogP contribution in [-0.2, 0) is 11.2 Å². The molecule has 0 bridgehead atoms. The first kappa shape index (κ1) is 21.0. The van der Waals surface area contributed by atoms with Crippen molar-refractivity contribution in [1.29, 1.82) is 0 Å². The van der Waals surface area contributed by atoms with E-state index in [2.05, 4.69) is 21.9 Å². The van der Waals surface area contributed by atoms with E-state index in [-0.39, 0.29) is 18.7 Å². The second-order valence-corrected chi connectivity index (χ2v) is 7.66. The largest absolute Gasteiger partial charge is 0.493 e. The number of ether oxygens (including phenoxy) is 2. The van der Waals surface area contributed by atoms with Crippen LogP contribution in [0.1, 0.15) is 19.4 Å². The lowest BCUT2D eigenvalue weighted by Crippen LogP contribution is -2.55. The van der Waals surface area contributed by atoms with E-state index in [0.717, 1.165) is 30.9 Å². The summed E-state index contributed by atoms with van der Waals surface area (Å²) < 4.78 is 11.4. The third-order valence-electron chi connectivity index (χ3n) is 5.13. The molecule has 0 spiro atoms. The van der Waals surface area contributed by atoms with E-state index in [0.29, 0.717) is 12.3 Å². The van der Waals surface area contributed by atoms with E-state index in [9.17, 15) is 9.90 Å². The second kappa shape index (κ2) is 9.65. The van der Waals surface area contributed by atoms with E-state index in [1.807, 2.05) is 50.2 Å². The molecule has 3 rings (SSSR count). The molecule has 0 amide bonds. The molecule has 29 heavy (non-hydrogen) atoms. The number of carboxylic acids is 1. The number of carboxylic acid groups (broad SMARTS) is 1. The van der Waals surface area contributed by atoms with Gasteiger partial charge in [0.25, 0.3) is 0 Å². The summed E-state index contributed by atoms with van der Waals surface area (Å²) in [4.78, 5) is 15.7. The maximum absolute atomic E-state index is 11.3. The topological polar surface area (TPSA) is 62.2 Å². The summed E-state index contributed by atoms with van der Waals surface area (Å²) in [6.45, 7) is 6.28. The molecule has 2 aromatic carbocycles. The fourth-order valence-electron chi connectivity index (χ4n) is 3.80. The van der Waals surface area contributed by atoms with Gasteiger partial charge in [-0.1, -0.05) is 30.3 Å². The van der Waals surface area contributed by atoms with Gasteiger partial charge in [-0.05, 0) is 38.0 Å². The van der Waals surface area contributed by atoms with Crippen LogP contribution >= 0.6 is 0 Å². The standard InChI is InChI=1S/C23H30N2O4/c1-17(2)29-22-14-19(9-10-21(22)28-3)24-11-12-25(16-23(26)27)20(15-24)13-18-7-5-4-6-8-18/h4-10,14,17,20H,11-13,15-16H2,1-3H3,(H,26,27). The van der Waals surface area contributed by atoms with Gasteiger partial charge in [-0.25, -0.2) is 0 Å². The molecule has 6 nitrogen and oxygen atoms in total. The predicted molar refractivity (Wildman–Crippen MR) is 114 cm³/mol. The summed E-state index contributed by atoms with van der Waals surface area (Å²) in [6, 6.07) is 16.4. The zero-order chi connectivity index (χ0) is 20.8. The molecule has 1 saturated heterocycles. The number of aliphatic carboxylic acids is 1. The van der Waals surface area contributed by atoms with E-state index < -0.39 is 5.97 Å².